The third-order valence-corrected chi connectivity index (χ3v) is 3.50. The molecule has 1 saturated heterocycles. The summed E-state index contributed by atoms with van der Waals surface area (Å²) in [6, 6.07) is 5.40. The molecule has 4 heteroatoms. The molecule has 1 aromatic rings. The number of hydrogen-bond donors (Lipinski definition) is 0. The predicted octanol–water partition coefficient (Wildman–Crippen LogP) is 3.19. The number of nitrogens with zero attached hydrogens (tertiary/aromatic N) is 1. The maximum Gasteiger partial charge on any atom is 0.256 e. The van der Waals surface area contributed by atoms with Gasteiger partial charge in [0.2, 0.25) is 0 Å². The second kappa shape index (κ2) is 4.14. The number of likely N-dealkylation sites (tertiary alicyclic amines) is 1. The fourth-order valence-corrected chi connectivity index (χ4v) is 2.63. The van der Waals surface area contributed by atoms with Gasteiger partial charge in [-0.15, -0.1) is 0 Å². The molecule has 80 valence electrons. The van der Waals surface area contributed by atoms with E-state index in [-0.39, 0.29) is 5.91 Å². The fourth-order valence-electron chi connectivity index (χ4n) is 1.73. The minimum atomic E-state index is 0.0191. The highest BCUT2D eigenvalue weighted by Gasteiger charge is 2.29. The quantitative estimate of drug-likeness (QED) is 0.777. The molecule has 0 N–H and O–H groups in total. The van der Waals surface area contributed by atoms with E-state index in [9.17, 15) is 4.79 Å². The normalized spacial score (nSPS) is 16.3. The first kappa shape index (κ1) is 11.0. The molecule has 0 unspecified atom stereocenters. The van der Waals surface area contributed by atoms with E-state index in [2.05, 4.69) is 22.9 Å². The zero-order chi connectivity index (χ0) is 11.0. The highest BCUT2D eigenvalue weighted by Crippen LogP contribution is 2.28. The van der Waals surface area contributed by atoms with Crippen LogP contribution in [0.5, 0.6) is 0 Å². The molecule has 0 aliphatic carbocycles. The topological polar surface area (TPSA) is 20.3 Å². The second-order valence-corrected chi connectivity index (χ2v) is 5.17. The number of amides is 1. The van der Waals surface area contributed by atoms with Gasteiger partial charge < -0.3 is 4.90 Å². The first-order valence-corrected chi connectivity index (χ1v) is 6.00. The smallest absolute Gasteiger partial charge is 0.256 e. The Morgan fingerprint density at radius 2 is 2.20 bits per heavy atom. The van der Waals surface area contributed by atoms with Crippen LogP contribution in [0.15, 0.2) is 22.7 Å². The Morgan fingerprint density at radius 3 is 2.73 bits per heavy atom. The van der Waals surface area contributed by atoms with Crippen molar-refractivity contribution >= 4 is 33.4 Å². The summed E-state index contributed by atoms with van der Waals surface area (Å²) in [4.78, 5) is 13.8. The maximum absolute atomic E-state index is 12.0. The average molecular weight is 289 g/mol. The van der Waals surface area contributed by atoms with E-state index in [1.165, 1.54) is 0 Å². The molecule has 1 aromatic carbocycles. The molecule has 1 amide bonds. The van der Waals surface area contributed by atoms with Crippen LogP contribution in [0.3, 0.4) is 0 Å². The van der Waals surface area contributed by atoms with Crippen LogP contribution >= 0.6 is 27.5 Å². The largest absolute Gasteiger partial charge is 0.338 e. The molecule has 0 aromatic heterocycles. The van der Waals surface area contributed by atoms with E-state index >= 15 is 0 Å². The molecule has 1 aliphatic rings. The Kier molecular flexibility index (Phi) is 3.03. The van der Waals surface area contributed by atoms with E-state index < -0.39 is 0 Å². The Morgan fingerprint density at radius 1 is 1.53 bits per heavy atom. The van der Waals surface area contributed by atoms with Crippen LogP contribution in [0, 0.1) is 5.92 Å². The first-order chi connectivity index (χ1) is 7.09. The number of carbonyl (C=O) groups excluding carboxylic acids is 1. The lowest BCUT2D eigenvalue weighted by Gasteiger charge is -2.37. The van der Waals surface area contributed by atoms with Crippen molar-refractivity contribution in [3.05, 3.63) is 33.3 Å². The van der Waals surface area contributed by atoms with Gasteiger partial charge >= 0.3 is 0 Å². The van der Waals surface area contributed by atoms with Gasteiger partial charge in [0.1, 0.15) is 0 Å². The molecule has 2 nitrogen and oxygen atoms in total. The third kappa shape index (κ3) is 2.04. The molecule has 0 spiro atoms. The Bertz CT molecular complexity index is 381. The van der Waals surface area contributed by atoms with E-state index in [1.54, 1.807) is 6.07 Å². The van der Waals surface area contributed by atoms with Gasteiger partial charge in [-0.2, -0.15) is 0 Å². The molecule has 0 bridgehead atoms. The van der Waals surface area contributed by atoms with Crippen LogP contribution in [0.25, 0.3) is 0 Å². The number of rotatable bonds is 1. The maximum atomic E-state index is 12.0. The van der Waals surface area contributed by atoms with Crippen molar-refractivity contribution in [3.63, 3.8) is 0 Å². The summed E-state index contributed by atoms with van der Waals surface area (Å²) in [7, 11) is 0. The molecular formula is C11H11BrClNO. The lowest BCUT2D eigenvalue weighted by molar-refractivity contribution is 0.0529. The standard InChI is InChI=1S/C11H11BrClNO/c1-7-5-14(6-7)11(15)10-8(12)3-2-4-9(10)13/h2-4,7H,5-6H2,1H3. The molecular weight excluding hydrogens is 277 g/mol. The van der Waals surface area contributed by atoms with Gasteiger partial charge in [0.25, 0.3) is 5.91 Å². The van der Waals surface area contributed by atoms with Crippen LogP contribution in [0.1, 0.15) is 17.3 Å². The van der Waals surface area contributed by atoms with Crippen LogP contribution < -0.4 is 0 Å². The van der Waals surface area contributed by atoms with E-state index in [0.717, 1.165) is 17.6 Å². The van der Waals surface area contributed by atoms with Crippen molar-refractivity contribution < 1.29 is 4.79 Å². The summed E-state index contributed by atoms with van der Waals surface area (Å²) in [6.07, 6.45) is 0. The molecule has 1 aliphatic heterocycles. The molecule has 1 fully saturated rings. The number of hydrogen-bond acceptors (Lipinski definition) is 1. The van der Waals surface area contributed by atoms with Crippen molar-refractivity contribution in [1.82, 2.24) is 4.90 Å². The highest BCUT2D eigenvalue weighted by molar-refractivity contribution is 9.10. The Hall–Kier alpha value is -0.540. The van der Waals surface area contributed by atoms with Crippen LogP contribution in [0.4, 0.5) is 0 Å². The van der Waals surface area contributed by atoms with Gasteiger partial charge in [0.05, 0.1) is 10.6 Å². The van der Waals surface area contributed by atoms with Gasteiger partial charge in [-0.05, 0) is 34.0 Å². The second-order valence-electron chi connectivity index (χ2n) is 3.91. The number of halogens is 2. The van der Waals surface area contributed by atoms with Crippen molar-refractivity contribution in [2.24, 2.45) is 5.92 Å². The summed E-state index contributed by atoms with van der Waals surface area (Å²) in [6.45, 7) is 3.79. The van der Waals surface area contributed by atoms with Gasteiger partial charge in [-0.25, -0.2) is 0 Å². The summed E-state index contributed by atoms with van der Waals surface area (Å²) < 4.78 is 0.763. The number of benzene rings is 1. The zero-order valence-corrected chi connectivity index (χ0v) is 10.7. The third-order valence-electron chi connectivity index (χ3n) is 2.53. The Labute approximate surface area is 102 Å². The molecule has 15 heavy (non-hydrogen) atoms. The number of carbonyl (C=O) groups is 1. The van der Waals surface area contributed by atoms with Crippen molar-refractivity contribution in [3.8, 4) is 0 Å². The van der Waals surface area contributed by atoms with Crippen molar-refractivity contribution in [2.45, 2.75) is 6.92 Å². The van der Waals surface area contributed by atoms with E-state index in [0.29, 0.717) is 16.5 Å². The summed E-state index contributed by atoms with van der Waals surface area (Å²) in [5.74, 6) is 0.626. The summed E-state index contributed by atoms with van der Waals surface area (Å²) in [5, 5.41) is 0.508. The van der Waals surface area contributed by atoms with Crippen LogP contribution in [-0.4, -0.2) is 23.9 Å². The average Bonchev–Trinajstić information content (AvgIpc) is 2.12. The SMILES string of the molecule is CC1CN(C(=O)c2c(Cl)cccc2Br)C1. The lowest BCUT2D eigenvalue weighted by Crippen LogP contribution is -2.48. The van der Waals surface area contributed by atoms with E-state index in [4.69, 9.17) is 11.6 Å². The highest BCUT2D eigenvalue weighted by atomic mass is 79.9. The van der Waals surface area contributed by atoms with Crippen molar-refractivity contribution in [2.75, 3.05) is 13.1 Å². The van der Waals surface area contributed by atoms with Crippen molar-refractivity contribution in [1.29, 1.82) is 0 Å². The summed E-state index contributed by atoms with van der Waals surface area (Å²) >= 11 is 9.36. The Balaban J connectivity index is 2.26. The van der Waals surface area contributed by atoms with Gasteiger partial charge in [0.15, 0.2) is 0 Å². The lowest BCUT2D eigenvalue weighted by atomic mass is 10.0. The molecule has 0 saturated carbocycles. The van der Waals surface area contributed by atoms with Gasteiger partial charge in [-0.3, -0.25) is 4.79 Å². The van der Waals surface area contributed by atoms with Gasteiger partial charge in [-0.1, -0.05) is 24.6 Å². The van der Waals surface area contributed by atoms with Crippen LogP contribution in [-0.2, 0) is 0 Å². The first-order valence-electron chi connectivity index (χ1n) is 4.83. The monoisotopic (exact) mass is 287 g/mol. The fraction of sp³-hybridized carbons (Fsp3) is 0.364. The predicted molar refractivity (Wildman–Crippen MR) is 64.2 cm³/mol. The minimum Gasteiger partial charge on any atom is -0.338 e. The molecule has 0 atom stereocenters. The summed E-state index contributed by atoms with van der Waals surface area (Å²) in [5.41, 5.74) is 0.575. The minimum absolute atomic E-state index is 0.0191. The van der Waals surface area contributed by atoms with Crippen LogP contribution in [0.2, 0.25) is 5.02 Å². The molecule has 1 heterocycles. The van der Waals surface area contributed by atoms with E-state index in [1.807, 2.05) is 17.0 Å². The molecule has 0 radical (unpaired) electrons. The zero-order valence-electron chi connectivity index (χ0n) is 8.34. The molecule has 2 rings (SSSR count). The van der Waals surface area contributed by atoms with Gasteiger partial charge in [0, 0.05) is 17.6 Å².